The molecule has 2 nitrogen and oxygen atoms in total. The van der Waals surface area contributed by atoms with Crippen molar-refractivity contribution in [3.63, 3.8) is 0 Å². The fourth-order valence-corrected chi connectivity index (χ4v) is 3.13. The molecule has 0 aliphatic carbocycles. The highest BCUT2D eigenvalue weighted by molar-refractivity contribution is 5.85. The highest BCUT2D eigenvalue weighted by atomic mass is 35.5. The van der Waals surface area contributed by atoms with Gasteiger partial charge in [-0.2, -0.15) is 0 Å². The number of rotatable bonds is 4. The second kappa shape index (κ2) is 8.21. The third-order valence-corrected chi connectivity index (χ3v) is 4.28. The first-order chi connectivity index (χ1) is 10.4. The lowest BCUT2D eigenvalue weighted by molar-refractivity contribution is 0.399. The van der Waals surface area contributed by atoms with E-state index in [-0.39, 0.29) is 12.4 Å². The van der Waals surface area contributed by atoms with Crippen molar-refractivity contribution < 1.29 is 4.74 Å². The second-order valence-electron chi connectivity index (χ2n) is 5.74. The number of ether oxygens (including phenoxy) is 1. The van der Waals surface area contributed by atoms with Gasteiger partial charge < -0.3 is 10.1 Å². The van der Waals surface area contributed by atoms with E-state index in [1.807, 2.05) is 6.07 Å². The molecule has 1 atom stereocenters. The molecule has 3 heteroatoms. The lowest BCUT2D eigenvalue weighted by Crippen LogP contribution is -2.35. The molecule has 1 aliphatic rings. The standard InChI is InChI=1S/C19H23NO.ClH/c1-21-18-10-6-8-16(14-18)19-11-3-2-7-15(19)13-17-9-4-5-12-20-17;/h2-3,6-8,10-11,14,17,20H,4-5,9,12-13H2,1H3;1H. The van der Waals surface area contributed by atoms with Gasteiger partial charge in [-0.1, -0.05) is 42.8 Å². The molecule has 1 fully saturated rings. The summed E-state index contributed by atoms with van der Waals surface area (Å²) in [5.41, 5.74) is 3.98. The molecular weight excluding hydrogens is 294 g/mol. The predicted molar refractivity (Wildman–Crippen MR) is 95.0 cm³/mol. The topological polar surface area (TPSA) is 21.3 Å². The normalized spacial score (nSPS) is 17.6. The van der Waals surface area contributed by atoms with E-state index in [2.05, 4.69) is 47.8 Å². The Morgan fingerprint density at radius 3 is 2.73 bits per heavy atom. The zero-order valence-corrected chi connectivity index (χ0v) is 13.9. The van der Waals surface area contributed by atoms with E-state index in [0.29, 0.717) is 6.04 Å². The van der Waals surface area contributed by atoms with Crippen molar-refractivity contribution in [3.05, 3.63) is 54.1 Å². The maximum atomic E-state index is 5.35. The van der Waals surface area contributed by atoms with E-state index in [9.17, 15) is 0 Å². The highest BCUT2D eigenvalue weighted by Crippen LogP contribution is 2.28. The Bertz CT molecular complexity index is 593. The van der Waals surface area contributed by atoms with E-state index in [1.165, 1.54) is 36.0 Å². The molecule has 1 aliphatic heterocycles. The van der Waals surface area contributed by atoms with Crippen molar-refractivity contribution in [1.82, 2.24) is 5.32 Å². The van der Waals surface area contributed by atoms with Crippen molar-refractivity contribution in [2.24, 2.45) is 0 Å². The molecule has 0 amide bonds. The molecule has 1 saturated heterocycles. The molecule has 1 heterocycles. The summed E-state index contributed by atoms with van der Waals surface area (Å²) in [6, 6.07) is 17.7. The summed E-state index contributed by atoms with van der Waals surface area (Å²) in [6.07, 6.45) is 5.05. The number of hydrogen-bond acceptors (Lipinski definition) is 2. The van der Waals surface area contributed by atoms with E-state index in [1.54, 1.807) is 7.11 Å². The van der Waals surface area contributed by atoms with Gasteiger partial charge in [0.2, 0.25) is 0 Å². The average molecular weight is 318 g/mol. The van der Waals surface area contributed by atoms with Crippen LogP contribution in [-0.4, -0.2) is 19.7 Å². The Labute approximate surface area is 139 Å². The minimum atomic E-state index is 0. The third kappa shape index (κ3) is 4.02. The van der Waals surface area contributed by atoms with Gasteiger partial charge in [0.1, 0.15) is 5.75 Å². The number of benzene rings is 2. The minimum Gasteiger partial charge on any atom is -0.497 e. The molecule has 0 bridgehead atoms. The van der Waals surface area contributed by atoms with Gasteiger partial charge in [-0.25, -0.2) is 0 Å². The Morgan fingerprint density at radius 2 is 1.95 bits per heavy atom. The lowest BCUT2D eigenvalue weighted by atomic mass is 9.92. The zero-order chi connectivity index (χ0) is 14.5. The number of halogens is 1. The van der Waals surface area contributed by atoms with Gasteiger partial charge in [-0.3, -0.25) is 0 Å². The van der Waals surface area contributed by atoms with Crippen LogP contribution in [0.15, 0.2) is 48.5 Å². The van der Waals surface area contributed by atoms with Gasteiger partial charge in [-0.05, 0) is 54.6 Å². The predicted octanol–water partition coefficient (Wildman–Crippen LogP) is 4.47. The largest absolute Gasteiger partial charge is 0.497 e. The Hall–Kier alpha value is -1.51. The van der Waals surface area contributed by atoms with Gasteiger partial charge in [0.15, 0.2) is 0 Å². The fraction of sp³-hybridized carbons (Fsp3) is 0.368. The molecule has 118 valence electrons. The number of hydrogen-bond donors (Lipinski definition) is 1. The molecule has 0 aromatic heterocycles. The monoisotopic (exact) mass is 317 g/mol. The molecule has 2 aromatic carbocycles. The van der Waals surface area contributed by atoms with Gasteiger partial charge in [0, 0.05) is 6.04 Å². The van der Waals surface area contributed by atoms with Crippen LogP contribution in [0.4, 0.5) is 0 Å². The smallest absolute Gasteiger partial charge is 0.119 e. The van der Waals surface area contributed by atoms with Crippen LogP contribution in [0.1, 0.15) is 24.8 Å². The van der Waals surface area contributed by atoms with Gasteiger partial charge in [-0.15, -0.1) is 12.4 Å². The summed E-state index contributed by atoms with van der Waals surface area (Å²) in [6.45, 7) is 1.16. The van der Waals surface area contributed by atoms with Gasteiger partial charge in [0.25, 0.3) is 0 Å². The van der Waals surface area contributed by atoms with Crippen LogP contribution in [0.25, 0.3) is 11.1 Å². The average Bonchev–Trinajstić information content (AvgIpc) is 2.56. The Kier molecular flexibility index (Phi) is 6.29. The lowest BCUT2D eigenvalue weighted by Gasteiger charge is -2.24. The number of methoxy groups -OCH3 is 1. The third-order valence-electron chi connectivity index (χ3n) is 4.28. The molecule has 0 saturated carbocycles. The second-order valence-corrected chi connectivity index (χ2v) is 5.74. The summed E-state index contributed by atoms with van der Waals surface area (Å²) in [4.78, 5) is 0. The van der Waals surface area contributed by atoms with Crippen molar-refractivity contribution in [3.8, 4) is 16.9 Å². The van der Waals surface area contributed by atoms with Crippen LogP contribution in [0.5, 0.6) is 5.75 Å². The molecule has 3 rings (SSSR count). The van der Waals surface area contributed by atoms with Crippen LogP contribution >= 0.6 is 12.4 Å². The van der Waals surface area contributed by atoms with Crippen molar-refractivity contribution in [2.45, 2.75) is 31.7 Å². The van der Waals surface area contributed by atoms with Gasteiger partial charge in [0.05, 0.1) is 7.11 Å². The Morgan fingerprint density at radius 1 is 1.09 bits per heavy atom. The van der Waals surface area contributed by atoms with Crippen molar-refractivity contribution >= 4 is 12.4 Å². The molecule has 0 spiro atoms. The number of piperidine rings is 1. The van der Waals surface area contributed by atoms with Crippen LogP contribution in [0, 0.1) is 0 Å². The van der Waals surface area contributed by atoms with Crippen LogP contribution in [0.3, 0.4) is 0 Å². The molecule has 0 radical (unpaired) electrons. The van der Waals surface area contributed by atoms with Crippen LogP contribution < -0.4 is 10.1 Å². The highest BCUT2D eigenvalue weighted by Gasteiger charge is 2.15. The van der Waals surface area contributed by atoms with Crippen LogP contribution in [-0.2, 0) is 6.42 Å². The van der Waals surface area contributed by atoms with E-state index in [0.717, 1.165) is 18.7 Å². The minimum absolute atomic E-state index is 0. The first-order valence-electron chi connectivity index (χ1n) is 7.82. The van der Waals surface area contributed by atoms with E-state index in [4.69, 9.17) is 4.74 Å². The first-order valence-corrected chi connectivity index (χ1v) is 7.82. The summed E-state index contributed by atoms with van der Waals surface area (Å²) in [7, 11) is 1.72. The summed E-state index contributed by atoms with van der Waals surface area (Å²) in [5, 5.41) is 3.64. The molecule has 1 unspecified atom stereocenters. The van der Waals surface area contributed by atoms with Crippen molar-refractivity contribution in [1.29, 1.82) is 0 Å². The van der Waals surface area contributed by atoms with Crippen LogP contribution in [0.2, 0.25) is 0 Å². The van der Waals surface area contributed by atoms with Crippen molar-refractivity contribution in [2.75, 3.05) is 13.7 Å². The molecule has 2 aromatic rings. The summed E-state index contributed by atoms with van der Waals surface area (Å²) in [5.74, 6) is 0.915. The molecular formula is C19H24ClNO. The van der Waals surface area contributed by atoms with E-state index < -0.39 is 0 Å². The Balaban J connectivity index is 0.00000176. The zero-order valence-electron chi connectivity index (χ0n) is 13.0. The molecule has 22 heavy (non-hydrogen) atoms. The van der Waals surface area contributed by atoms with E-state index >= 15 is 0 Å². The maximum absolute atomic E-state index is 5.35. The molecule has 1 N–H and O–H groups in total. The first kappa shape index (κ1) is 16.9. The quantitative estimate of drug-likeness (QED) is 0.898. The summed E-state index contributed by atoms with van der Waals surface area (Å²) >= 11 is 0. The number of nitrogens with one attached hydrogen (secondary N) is 1. The fourth-order valence-electron chi connectivity index (χ4n) is 3.13. The van der Waals surface area contributed by atoms with Gasteiger partial charge >= 0.3 is 0 Å². The SMILES string of the molecule is COc1cccc(-c2ccccc2CC2CCCCN2)c1.Cl. The summed E-state index contributed by atoms with van der Waals surface area (Å²) < 4.78 is 5.35. The maximum Gasteiger partial charge on any atom is 0.119 e.